The lowest BCUT2D eigenvalue weighted by Gasteiger charge is -2.21. The first kappa shape index (κ1) is 17.8. The monoisotopic (exact) mass is 361 g/mol. The normalized spacial score (nSPS) is 15.1. The molecule has 140 valence electrons. The third kappa shape index (κ3) is 4.05. The van der Waals surface area contributed by atoms with Crippen LogP contribution in [0.1, 0.15) is 50.5 Å². The van der Waals surface area contributed by atoms with Gasteiger partial charge in [0.15, 0.2) is 0 Å². The van der Waals surface area contributed by atoms with Crippen LogP contribution in [0.3, 0.4) is 0 Å². The summed E-state index contributed by atoms with van der Waals surface area (Å²) in [5.41, 5.74) is 3.83. The standard InChI is InChI=1S/C23H27N3O/c1-17-12-14-20-24-22(19-10-6-3-7-11-19)23(26(20)16-17)25-21(27)15-13-18-8-4-2-5-9-18/h3,6-7,10-12,14,16,18H,2,4-5,8-9,13,15H2,1H3,(H,25,27). The van der Waals surface area contributed by atoms with Crippen LogP contribution in [0, 0.1) is 12.8 Å². The third-order valence-corrected chi connectivity index (χ3v) is 5.58. The molecule has 0 bridgehead atoms. The first-order valence-electron chi connectivity index (χ1n) is 10.0. The average molecular weight is 361 g/mol. The summed E-state index contributed by atoms with van der Waals surface area (Å²) in [5, 5.41) is 3.16. The van der Waals surface area contributed by atoms with Crippen LogP contribution in [0.15, 0.2) is 48.7 Å². The van der Waals surface area contributed by atoms with Crippen molar-refractivity contribution < 1.29 is 4.79 Å². The number of hydrogen-bond acceptors (Lipinski definition) is 2. The lowest BCUT2D eigenvalue weighted by Crippen LogP contribution is -2.16. The number of benzene rings is 1. The van der Waals surface area contributed by atoms with Crippen molar-refractivity contribution in [2.75, 3.05) is 5.32 Å². The van der Waals surface area contributed by atoms with Gasteiger partial charge < -0.3 is 5.32 Å². The Labute approximate surface area is 160 Å². The Morgan fingerprint density at radius 1 is 1.11 bits per heavy atom. The molecule has 0 aliphatic heterocycles. The Balaban J connectivity index is 1.59. The number of fused-ring (bicyclic) bond motifs is 1. The molecule has 4 nitrogen and oxygen atoms in total. The number of aromatic nitrogens is 2. The number of nitrogens with one attached hydrogen (secondary N) is 1. The van der Waals surface area contributed by atoms with Crippen molar-refractivity contribution in [1.29, 1.82) is 0 Å². The van der Waals surface area contributed by atoms with E-state index in [4.69, 9.17) is 4.98 Å². The molecule has 1 aliphatic rings. The van der Waals surface area contributed by atoms with E-state index in [1.807, 2.05) is 53.1 Å². The van der Waals surface area contributed by atoms with Gasteiger partial charge in [-0.25, -0.2) is 4.98 Å². The highest BCUT2D eigenvalue weighted by Gasteiger charge is 2.18. The molecule has 3 aromatic rings. The van der Waals surface area contributed by atoms with Crippen molar-refractivity contribution in [1.82, 2.24) is 9.38 Å². The first-order chi connectivity index (χ1) is 13.2. The Kier molecular flexibility index (Phi) is 5.23. The minimum Gasteiger partial charge on any atom is -0.310 e. The molecular weight excluding hydrogens is 334 g/mol. The van der Waals surface area contributed by atoms with E-state index in [1.54, 1.807) is 0 Å². The van der Waals surface area contributed by atoms with Gasteiger partial charge in [0.2, 0.25) is 5.91 Å². The zero-order valence-electron chi connectivity index (χ0n) is 15.9. The van der Waals surface area contributed by atoms with Crippen LogP contribution >= 0.6 is 0 Å². The van der Waals surface area contributed by atoms with Gasteiger partial charge in [-0.15, -0.1) is 0 Å². The van der Waals surface area contributed by atoms with Crippen molar-refractivity contribution >= 4 is 17.4 Å². The average Bonchev–Trinajstić information content (AvgIpc) is 3.05. The second-order valence-electron chi connectivity index (χ2n) is 7.70. The summed E-state index contributed by atoms with van der Waals surface area (Å²) >= 11 is 0. The fraction of sp³-hybridized carbons (Fsp3) is 0.391. The summed E-state index contributed by atoms with van der Waals surface area (Å²) in [6.45, 7) is 2.05. The molecule has 0 saturated heterocycles. The SMILES string of the molecule is Cc1ccc2nc(-c3ccccc3)c(NC(=O)CCC3CCCCC3)n2c1. The quantitative estimate of drug-likeness (QED) is 0.642. The lowest BCUT2D eigenvalue weighted by atomic mass is 9.86. The molecule has 1 aromatic carbocycles. The molecule has 4 heteroatoms. The molecule has 1 saturated carbocycles. The molecule has 4 rings (SSSR count). The molecule has 1 fully saturated rings. The molecule has 2 aromatic heterocycles. The number of pyridine rings is 1. The summed E-state index contributed by atoms with van der Waals surface area (Å²) in [6, 6.07) is 14.1. The van der Waals surface area contributed by atoms with Gasteiger partial charge in [0.05, 0.1) is 0 Å². The van der Waals surface area contributed by atoms with Crippen molar-refractivity contribution in [3.8, 4) is 11.3 Å². The molecule has 1 N–H and O–H groups in total. The van der Waals surface area contributed by atoms with Gasteiger partial charge >= 0.3 is 0 Å². The maximum atomic E-state index is 12.7. The highest BCUT2D eigenvalue weighted by molar-refractivity contribution is 5.94. The third-order valence-electron chi connectivity index (χ3n) is 5.58. The number of rotatable bonds is 5. The molecule has 0 unspecified atom stereocenters. The summed E-state index contributed by atoms with van der Waals surface area (Å²) in [4.78, 5) is 17.5. The van der Waals surface area contributed by atoms with Crippen LogP contribution in [0.25, 0.3) is 16.9 Å². The van der Waals surface area contributed by atoms with E-state index in [0.29, 0.717) is 12.3 Å². The molecule has 27 heavy (non-hydrogen) atoms. The van der Waals surface area contributed by atoms with Gasteiger partial charge in [-0.2, -0.15) is 0 Å². The molecule has 0 spiro atoms. The number of amides is 1. The maximum Gasteiger partial charge on any atom is 0.225 e. The summed E-state index contributed by atoms with van der Waals surface area (Å²) in [5.74, 6) is 1.57. The number of imidazole rings is 1. The number of aryl methyl sites for hydroxylation is 1. The van der Waals surface area contributed by atoms with Gasteiger partial charge in [0.1, 0.15) is 17.2 Å². The predicted molar refractivity (Wildman–Crippen MR) is 110 cm³/mol. The van der Waals surface area contributed by atoms with E-state index in [1.165, 1.54) is 32.1 Å². The van der Waals surface area contributed by atoms with Crippen molar-refractivity contribution in [3.05, 3.63) is 54.2 Å². The van der Waals surface area contributed by atoms with Crippen LogP contribution in [0.4, 0.5) is 5.82 Å². The zero-order valence-corrected chi connectivity index (χ0v) is 15.9. The minimum atomic E-state index is 0.0843. The molecule has 0 radical (unpaired) electrons. The Morgan fingerprint density at radius 3 is 2.67 bits per heavy atom. The van der Waals surface area contributed by atoms with Crippen LogP contribution in [0.2, 0.25) is 0 Å². The topological polar surface area (TPSA) is 46.4 Å². The number of anilines is 1. The van der Waals surface area contributed by atoms with Gasteiger partial charge in [-0.1, -0.05) is 68.5 Å². The Morgan fingerprint density at radius 2 is 1.89 bits per heavy atom. The summed E-state index contributed by atoms with van der Waals surface area (Å²) in [6.07, 6.45) is 10.1. The van der Waals surface area contributed by atoms with E-state index >= 15 is 0 Å². The van der Waals surface area contributed by atoms with Crippen LogP contribution < -0.4 is 5.32 Å². The summed E-state index contributed by atoms with van der Waals surface area (Å²) < 4.78 is 2.00. The fourth-order valence-electron chi connectivity index (χ4n) is 4.07. The molecular formula is C23H27N3O. The number of carbonyl (C=O) groups excluding carboxylic acids is 1. The number of hydrogen-bond donors (Lipinski definition) is 1. The van der Waals surface area contributed by atoms with Crippen molar-refractivity contribution in [2.45, 2.75) is 51.9 Å². The lowest BCUT2D eigenvalue weighted by molar-refractivity contribution is -0.116. The van der Waals surface area contributed by atoms with Gasteiger partial charge in [-0.3, -0.25) is 9.20 Å². The van der Waals surface area contributed by atoms with Gasteiger partial charge in [-0.05, 0) is 30.9 Å². The molecule has 1 aliphatic carbocycles. The predicted octanol–water partition coefficient (Wildman–Crippen LogP) is 5.61. The van der Waals surface area contributed by atoms with E-state index in [2.05, 4.69) is 12.2 Å². The largest absolute Gasteiger partial charge is 0.310 e. The Hall–Kier alpha value is -2.62. The smallest absolute Gasteiger partial charge is 0.225 e. The van der Waals surface area contributed by atoms with Crippen molar-refractivity contribution in [2.24, 2.45) is 5.92 Å². The minimum absolute atomic E-state index is 0.0843. The van der Waals surface area contributed by atoms with E-state index in [-0.39, 0.29) is 5.91 Å². The fourth-order valence-corrected chi connectivity index (χ4v) is 4.07. The summed E-state index contributed by atoms with van der Waals surface area (Å²) in [7, 11) is 0. The van der Waals surface area contributed by atoms with E-state index < -0.39 is 0 Å². The number of nitrogens with zero attached hydrogens (tertiary/aromatic N) is 2. The molecule has 1 amide bonds. The highest BCUT2D eigenvalue weighted by Crippen LogP contribution is 2.30. The first-order valence-corrected chi connectivity index (χ1v) is 10.0. The molecule has 2 heterocycles. The van der Waals surface area contributed by atoms with Crippen LogP contribution in [0.5, 0.6) is 0 Å². The number of carbonyl (C=O) groups is 1. The second-order valence-corrected chi connectivity index (χ2v) is 7.70. The molecule has 0 atom stereocenters. The van der Waals surface area contributed by atoms with Crippen LogP contribution in [-0.2, 0) is 4.79 Å². The van der Waals surface area contributed by atoms with E-state index in [9.17, 15) is 4.79 Å². The second kappa shape index (κ2) is 7.95. The Bertz CT molecular complexity index is 923. The maximum absolute atomic E-state index is 12.7. The highest BCUT2D eigenvalue weighted by atomic mass is 16.1. The van der Waals surface area contributed by atoms with Gasteiger partial charge in [0, 0.05) is 18.2 Å². The van der Waals surface area contributed by atoms with Crippen LogP contribution in [-0.4, -0.2) is 15.3 Å². The zero-order chi connectivity index (χ0) is 18.6. The van der Waals surface area contributed by atoms with E-state index in [0.717, 1.165) is 34.7 Å². The van der Waals surface area contributed by atoms with Gasteiger partial charge in [0.25, 0.3) is 0 Å². The van der Waals surface area contributed by atoms with Crippen molar-refractivity contribution in [3.63, 3.8) is 0 Å².